The highest BCUT2D eigenvalue weighted by Crippen LogP contribution is 2.00. The van der Waals surface area contributed by atoms with E-state index in [4.69, 9.17) is 5.02 Å². The summed E-state index contributed by atoms with van der Waals surface area (Å²) in [5.74, 6) is -0.725. The fourth-order valence-corrected chi connectivity index (χ4v) is 1.02. The molecule has 2 amide bonds. The molecule has 0 saturated carbocycles. The van der Waals surface area contributed by atoms with Crippen molar-refractivity contribution in [1.29, 1.82) is 0 Å². The topological polar surface area (TPSA) is 114 Å². The van der Waals surface area contributed by atoms with Crippen LogP contribution in [0.4, 0.5) is 4.53 Å². The molecular formula is C8H11BFN3O5. The number of hydrogen-bond acceptors (Lipinski definition) is 6. The highest BCUT2D eigenvalue weighted by Gasteiger charge is 2.16. The Morgan fingerprint density at radius 3 is 2.89 bits per heavy atom. The predicted octanol–water partition coefficient (Wildman–Crippen LogP) is -1.25. The van der Waals surface area contributed by atoms with Crippen molar-refractivity contribution >= 4 is 18.9 Å². The van der Waals surface area contributed by atoms with Gasteiger partial charge in [-0.25, -0.2) is 4.86 Å². The van der Waals surface area contributed by atoms with E-state index in [1.807, 2.05) is 0 Å². The molecule has 0 saturated heterocycles. The first-order valence-electron chi connectivity index (χ1n) is 4.96. The first-order chi connectivity index (χ1) is 8.52. The minimum absolute atomic E-state index is 0.0485. The van der Waals surface area contributed by atoms with Gasteiger partial charge in [0.25, 0.3) is 5.91 Å². The van der Waals surface area contributed by atoms with Crippen molar-refractivity contribution in [3.63, 3.8) is 0 Å². The monoisotopic (exact) mass is 259 g/mol. The van der Waals surface area contributed by atoms with Crippen molar-refractivity contribution < 1.29 is 28.5 Å². The minimum atomic E-state index is -1.73. The lowest BCUT2D eigenvalue weighted by Gasteiger charge is -2.05. The van der Waals surface area contributed by atoms with E-state index >= 15 is 0 Å². The number of carbonyl (C=O) groups excluding carboxylic acids is 2. The zero-order valence-electron chi connectivity index (χ0n) is 9.47. The molecule has 0 unspecified atom stereocenters. The van der Waals surface area contributed by atoms with Crippen LogP contribution in [0.1, 0.15) is 16.2 Å². The number of amides is 2. The van der Waals surface area contributed by atoms with Gasteiger partial charge in [-0.15, -0.1) is 0 Å². The van der Waals surface area contributed by atoms with Gasteiger partial charge in [0.05, 0.1) is 13.0 Å². The average Bonchev–Trinajstić information content (AvgIpc) is 2.79. The fourth-order valence-electron chi connectivity index (χ4n) is 1.02. The maximum Gasteiger partial charge on any atom is 0.514 e. The lowest BCUT2D eigenvalue weighted by molar-refractivity contribution is -0.120. The number of halogens is 1. The Morgan fingerprint density at radius 2 is 2.33 bits per heavy atom. The molecule has 18 heavy (non-hydrogen) atoms. The molecule has 8 nitrogen and oxygen atoms in total. The third kappa shape index (κ3) is 4.51. The Bertz CT molecular complexity index is 427. The van der Waals surface area contributed by atoms with Crippen molar-refractivity contribution in [2.24, 2.45) is 0 Å². The van der Waals surface area contributed by atoms with Crippen LogP contribution in [0.5, 0.6) is 0 Å². The summed E-state index contributed by atoms with van der Waals surface area (Å²) in [6, 6.07) is 1.41. The van der Waals surface area contributed by atoms with Gasteiger partial charge in [0, 0.05) is 6.07 Å². The normalized spacial score (nSPS) is 9.94. The van der Waals surface area contributed by atoms with Crippen LogP contribution in [0.25, 0.3) is 0 Å². The van der Waals surface area contributed by atoms with E-state index in [9.17, 15) is 14.1 Å². The van der Waals surface area contributed by atoms with Crippen molar-refractivity contribution in [2.45, 2.75) is 6.92 Å². The minimum Gasteiger partial charge on any atom is -0.424 e. The summed E-state index contributed by atoms with van der Waals surface area (Å²) in [5, 5.41) is 16.5. The predicted molar refractivity (Wildman–Crippen MR) is 56.7 cm³/mol. The summed E-state index contributed by atoms with van der Waals surface area (Å²) in [6.07, 6.45) is -0.422. The largest absolute Gasteiger partial charge is 0.514 e. The molecular weight excluding hydrogens is 248 g/mol. The molecule has 1 rings (SSSR count). The Labute approximate surface area is 102 Å². The van der Waals surface area contributed by atoms with Gasteiger partial charge in [-0.1, -0.05) is 9.68 Å². The molecule has 0 spiro atoms. The van der Waals surface area contributed by atoms with E-state index in [1.54, 1.807) is 6.92 Å². The van der Waals surface area contributed by atoms with Crippen molar-refractivity contribution in [3.05, 3.63) is 17.5 Å². The summed E-state index contributed by atoms with van der Waals surface area (Å²) in [6.45, 7) is 1.28. The molecule has 1 aromatic rings. The Hall–Kier alpha value is -1.94. The van der Waals surface area contributed by atoms with E-state index in [1.165, 1.54) is 6.07 Å². The van der Waals surface area contributed by atoms with Gasteiger partial charge in [-0.2, -0.15) is 0 Å². The molecule has 0 aliphatic heterocycles. The third-order valence-corrected chi connectivity index (χ3v) is 1.85. The third-order valence-electron chi connectivity index (χ3n) is 1.85. The molecule has 10 heteroatoms. The molecule has 0 bridgehead atoms. The van der Waals surface area contributed by atoms with Gasteiger partial charge < -0.3 is 20.2 Å². The fraction of sp³-hybridized carbons (Fsp3) is 0.375. The summed E-state index contributed by atoms with van der Waals surface area (Å²) >= 11 is 0. The second-order valence-electron chi connectivity index (χ2n) is 3.35. The first kappa shape index (κ1) is 14.1. The van der Waals surface area contributed by atoms with Crippen LogP contribution in [0.2, 0.25) is 0 Å². The highest BCUT2D eigenvalue weighted by molar-refractivity contribution is 6.42. The lowest BCUT2D eigenvalue weighted by atomic mass is 9.92. The van der Waals surface area contributed by atoms with Gasteiger partial charge in [0.2, 0.25) is 5.91 Å². The van der Waals surface area contributed by atoms with Crippen LogP contribution >= 0.6 is 0 Å². The molecule has 0 aliphatic carbocycles. The second kappa shape index (κ2) is 6.72. The van der Waals surface area contributed by atoms with Gasteiger partial charge in [0.1, 0.15) is 5.76 Å². The van der Waals surface area contributed by atoms with Crippen molar-refractivity contribution in [3.8, 4) is 0 Å². The lowest BCUT2D eigenvalue weighted by Crippen LogP contribution is -2.41. The maximum absolute atomic E-state index is 11.4. The first-order valence-corrected chi connectivity index (χ1v) is 4.96. The number of nitrogens with zero attached hydrogens (tertiary/aromatic N) is 1. The number of carbonyl (C=O) groups is 2. The molecule has 3 N–H and O–H groups in total. The SMILES string of the molecule is Cc1cc(C(=O)NCC(=O)NCB(O)OF)no1. The van der Waals surface area contributed by atoms with Crippen LogP contribution in [0.15, 0.2) is 10.6 Å². The number of nitrogens with one attached hydrogen (secondary N) is 2. The molecule has 1 heterocycles. The second-order valence-corrected chi connectivity index (χ2v) is 3.35. The zero-order chi connectivity index (χ0) is 13.5. The van der Waals surface area contributed by atoms with E-state index in [0.717, 1.165) is 0 Å². The molecule has 1 aromatic heterocycles. The number of aryl methyl sites for hydroxylation is 1. The number of aromatic nitrogens is 1. The van der Waals surface area contributed by atoms with E-state index in [0.29, 0.717) is 5.76 Å². The van der Waals surface area contributed by atoms with Crippen LogP contribution < -0.4 is 10.6 Å². The van der Waals surface area contributed by atoms with Gasteiger partial charge in [-0.3, -0.25) is 9.59 Å². The molecule has 0 aliphatic rings. The molecule has 98 valence electrons. The Kier molecular flexibility index (Phi) is 5.27. The molecule has 0 radical (unpaired) electrons. The highest BCUT2D eigenvalue weighted by atomic mass is 19.3. The summed E-state index contributed by atoms with van der Waals surface area (Å²) in [5.41, 5.74) is 0.0485. The standard InChI is InChI=1S/C8H11BFN3O5/c1-5-2-6(13-17-5)8(15)11-3-7(14)12-4-9(16)18-10/h2,16H,3-4H2,1H3,(H,11,15)(H,12,14). The summed E-state index contributed by atoms with van der Waals surface area (Å²) in [7, 11) is -1.73. The quantitative estimate of drug-likeness (QED) is 0.550. The van der Waals surface area contributed by atoms with Gasteiger partial charge >= 0.3 is 7.12 Å². The van der Waals surface area contributed by atoms with Gasteiger partial charge in [-0.05, 0) is 6.92 Å². The summed E-state index contributed by atoms with van der Waals surface area (Å²) < 4.78 is 16.1. The van der Waals surface area contributed by atoms with Crippen molar-refractivity contribution in [1.82, 2.24) is 15.8 Å². The smallest absolute Gasteiger partial charge is 0.424 e. The van der Waals surface area contributed by atoms with Crippen LogP contribution in [-0.2, 0) is 9.65 Å². The van der Waals surface area contributed by atoms with Crippen LogP contribution in [-0.4, -0.2) is 42.1 Å². The van der Waals surface area contributed by atoms with Gasteiger partial charge in [0.15, 0.2) is 5.69 Å². The summed E-state index contributed by atoms with van der Waals surface area (Å²) in [4.78, 5) is 25.6. The van der Waals surface area contributed by atoms with Crippen molar-refractivity contribution in [2.75, 3.05) is 13.0 Å². The van der Waals surface area contributed by atoms with Crippen LogP contribution in [0.3, 0.4) is 0 Å². The molecule has 0 aromatic carbocycles. The van der Waals surface area contributed by atoms with Crippen LogP contribution in [0, 0.1) is 6.92 Å². The van der Waals surface area contributed by atoms with E-state index in [2.05, 4.69) is 25.2 Å². The average molecular weight is 259 g/mol. The zero-order valence-corrected chi connectivity index (χ0v) is 9.47. The number of rotatable bonds is 6. The Morgan fingerprint density at radius 1 is 1.61 bits per heavy atom. The maximum atomic E-state index is 11.4. The Balaban J connectivity index is 2.28. The van der Waals surface area contributed by atoms with E-state index in [-0.39, 0.29) is 12.2 Å². The molecule has 0 fully saturated rings. The van der Waals surface area contributed by atoms with E-state index < -0.39 is 25.4 Å². The molecule has 0 atom stereocenters. The number of hydrogen-bond donors (Lipinski definition) is 3.